The highest BCUT2D eigenvalue weighted by atomic mass is 16.2. The fourth-order valence-electron chi connectivity index (χ4n) is 1.72. The molecular formula is C14H21N5O. The number of amides is 2. The Balaban J connectivity index is 2.53. The van der Waals surface area contributed by atoms with Gasteiger partial charge in [0.2, 0.25) is 0 Å². The van der Waals surface area contributed by atoms with Gasteiger partial charge in [0, 0.05) is 31.2 Å². The number of nitriles is 1. The van der Waals surface area contributed by atoms with Crippen LogP contribution < -0.4 is 5.32 Å². The zero-order valence-electron chi connectivity index (χ0n) is 12.0. The van der Waals surface area contributed by atoms with Gasteiger partial charge in [-0.05, 0) is 39.2 Å². The minimum atomic E-state index is -0.176. The van der Waals surface area contributed by atoms with Gasteiger partial charge in [0.05, 0.1) is 12.5 Å². The maximum atomic E-state index is 12.2. The Morgan fingerprint density at radius 3 is 2.60 bits per heavy atom. The van der Waals surface area contributed by atoms with Crippen LogP contribution in [0.25, 0.3) is 0 Å². The van der Waals surface area contributed by atoms with E-state index in [1.54, 1.807) is 29.4 Å². The van der Waals surface area contributed by atoms with E-state index in [-0.39, 0.29) is 6.03 Å². The first-order valence-electron chi connectivity index (χ1n) is 6.61. The second-order valence-corrected chi connectivity index (χ2v) is 4.72. The normalized spacial score (nSPS) is 10.1. The third-order valence-corrected chi connectivity index (χ3v) is 2.75. The van der Waals surface area contributed by atoms with Crippen LogP contribution in [0.15, 0.2) is 24.5 Å². The number of rotatable bonds is 7. The quantitative estimate of drug-likeness (QED) is 0.823. The van der Waals surface area contributed by atoms with Gasteiger partial charge in [-0.3, -0.25) is 4.98 Å². The zero-order chi connectivity index (χ0) is 14.8. The van der Waals surface area contributed by atoms with Crippen molar-refractivity contribution >= 4 is 11.7 Å². The summed E-state index contributed by atoms with van der Waals surface area (Å²) < 4.78 is 0. The van der Waals surface area contributed by atoms with Gasteiger partial charge in [0.1, 0.15) is 0 Å². The molecule has 0 saturated heterocycles. The van der Waals surface area contributed by atoms with E-state index in [1.165, 1.54) is 0 Å². The van der Waals surface area contributed by atoms with Crippen LogP contribution in [0.4, 0.5) is 10.5 Å². The van der Waals surface area contributed by atoms with E-state index in [0.29, 0.717) is 25.2 Å². The first-order chi connectivity index (χ1) is 9.63. The SMILES string of the molecule is CN(C)CCCN(CCC#N)C(=O)Nc1ccncc1. The molecule has 2 amide bonds. The van der Waals surface area contributed by atoms with Gasteiger partial charge >= 0.3 is 6.03 Å². The summed E-state index contributed by atoms with van der Waals surface area (Å²) in [5.74, 6) is 0. The second-order valence-electron chi connectivity index (χ2n) is 4.72. The minimum absolute atomic E-state index is 0.176. The van der Waals surface area contributed by atoms with Gasteiger partial charge in [-0.25, -0.2) is 4.79 Å². The molecule has 0 unspecified atom stereocenters. The molecule has 108 valence electrons. The number of aromatic nitrogens is 1. The van der Waals surface area contributed by atoms with E-state index in [0.717, 1.165) is 13.0 Å². The van der Waals surface area contributed by atoms with E-state index in [9.17, 15) is 4.79 Å². The van der Waals surface area contributed by atoms with E-state index in [4.69, 9.17) is 5.26 Å². The third-order valence-electron chi connectivity index (χ3n) is 2.75. The van der Waals surface area contributed by atoms with Crippen LogP contribution in [0.3, 0.4) is 0 Å². The van der Waals surface area contributed by atoms with Gasteiger partial charge < -0.3 is 15.1 Å². The van der Waals surface area contributed by atoms with Crippen LogP contribution >= 0.6 is 0 Å². The number of hydrogen-bond acceptors (Lipinski definition) is 4. The van der Waals surface area contributed by atoms with Crippen molar-refractivity contribution in [1.29, 1.82) is 5.26 Å². The molecule has 0 fully saturated rings. The number of urea groups is 1. The van der Waals surface area contributed by atoms with Gasteiger partial charge in [0.25, 0.3) is 0 Å². The number of hydrogen-bond donors (Lipinski definition) is 1. The molecule has 6 heteroatoms. The lowest BCUT2D eigenvalue weighted by atomic mass is 10.3. The van der Waals surface area contributed by atoms with E-state index in [2.05, 4.69) is 21.3 Å². The van der Waals surface area contributed by atoms with Crippen LogP contribution in [-0.2, 0) is 0 Å². The Morgan fingerprint density at radius 1 is 1.30 bits per heavy atom. The second kappa shape index (κ2) is 8.88. The fraction of sp³-hybridized carbons (Fsp3) is 0.500. The third kappa shape index (κ3) is 6.16. The van der Waals surface area contributed by atoms with Crippen molar-refractivity contribution in [2.75, 3.05) is 39.0 Å². The molecule has 20 heavy (non-hydrogen) atoms. The molecule has 1 aromatic rings. The van der Waals surface area contributed by atoms with Crippen molar-refractivity contribution in [3.8, 4) is 6.07 Å². The van der Waals surface area contributed by atoms with Crippen molar-refractivity contribution < 1.29 is 4.79 Å². The molecule has 0 aliphatic heterocycles. The number of nitrogens with one attached hydrogen (secondary N) is 1. The fourth-order valence-corrected chi connectivity index (χ4v) is 1.72. The number of anilines is 1. The van der Waals surface area contributed by atoms with Gasteiger partial charge in [-0.1, -0.05) is 0 Å². The first-order valence-corrected chi connectivity index (χ1v) is 6.61. The summed E-state index contributed by atoms with van der Waals surface area (Å²) in [5, 5.41) is 11.5. The van der Waals surface area contributed by atoms with E-state index < -0.39 is 0 Å². The number of pyridine rings is 1. The maximum absolute atomic E-state index is 12.2. The minimum Gasteiger partial charge on any atom is -0.323 e. The summed E-state index contributed by atoms with van der Waals surface area (Å²) >= 11 is 0. The predicted octanol–water partition coefficient (Wildman–Crippen LogP) is 1.78. The largest absolute Gasteiger partial charge is 0.323 e. The topological polar surface area (TPSA) is 72.3 Å². The molecular weight excluding hydrogens is 254 g/mol. The van der Waals surface area contributed by atoms with E-state index >= 15 is 0 Å². The highest BCUT2D eigenvalue weighted by Crippen LogP contribution is 2.06. The monoisotopic (exact) mass is 275 g/mol. The Kier molecular flexibility index (Phi) is 7.07. The molecule has 0 spiro atoms. The number of carbonyl (C=O) groups excluding carboxylic acids is 1. The Morgan fingerprint density at radius 2 is 2.00 bits per heavy atom. The van der Waals surface area contributed by atoms with Crippen LogP contribution in [0, 0.1) is 11.3 Å². The summed E-state index contributed by atoms with van der Waals surface area (Å²) in [6, 6.07) is 5.37. The Bertz CT molecular complexity index is 441. The summed E-state index contributed by atoms with van der Waals surface area (Å²) in [6.07, 6.45) is 4.47. The molecule has 0 atom stereocenters. The molecule has 1 heterocycles. The molecule has 0 radical (unpaired) electrons. The molecule has 6 nitrogen and oxygen atoms in total. The molecule has 0 saturated carbocycles. The van der Waals surface area contributed by atoms with Gasteiger partial charge in [0.15, 0.2) is 0 Å². The highest BCUT2D eigenvalue weighted by Gasteiger charge is 2.13. The average Bonchev–Trinajstić information content (AvgIpc) is 2.43. The molecule has 0 bridgehead atoms. The maximum Gasteiger partial charge on any atom is 0.321 e. The zero-order valence-corrected chi connectivity index (χ0v) is 12.0. The average molecular weight is 275 g/mol. The number of carbonyl (C=O) groups is 1. The molecule has 0 aliphatic carbocycles. The highest BCUT2D eigenvalue weighted by molar-refractivity contribution is 5.89. The standard InChI is InChI=1S/C14H21N5O/c1-18(2)10-4-12-19(11-3-7-15)14(20)17-13-5-8-16-9-6-13/h5-6,8-9H,3-4,10-12H2,1-2H3,(H,16,17,20). The van der Waals surface area contributed by atoms with Crippen LogP contribution in [0.2, 0.25) is 0 Å². The van der Waals surface area contributed by atoms with Gasteiger partial charge in [-0.15, -0.1) is 0 Å². The Hall–Kier alpha value is -2.13. The smallest absolute Gasteiger partial charge is 0.321 e. The molecule has 0 aromatic carbocycles. The summed E-state index contributed by atoms with van der Waals surface area (Å²) in [5.41, 5.74) is 0.708. The molecule has 1 N–H and O–H groups in total. The van der Waals surface area contributed by atoms with Crippen molar-refractivity contribution in [3.63, 3.8) is 0 Å². The van der Waals surface area contributed by atoms with Crippen LogP contribution in [-0.4, -0.2) is 54.5 Å². The lowest BCUT2D eigenvalue weighted by Gasteiger charge is -2.23. The summed E-state index contributed by atoms with van der Waals surface area (Å²) in [7, 11) is 3.99. The molecule has 1 aromatic heterocycles. The van der Waals surface area contributed by atoms with Gasteiger partial charge in [-0.2, -0.15) is 5.26 Å². The van der Waals surface area contributed by atoms with Crippen LogP contribution in [0.1, 0.15) is 12.8 Å². The number of nitrogens with zero attached hydrogens (tertiary/aromatic N) is 4. The lowest BCUT2D eigenvalue weighted by Crippen LogP contribution is -2.37. The first kappa shape index (κ1) is 15.9. The van der Waals surface area contributed by atoms with Crippen molar-refractivity contribution in [3.05, 3.63) is 24.5 Å². The summed E-state index contributed by atoms with van der Waals surface area (Å²) in [4.78, 5) is 19.8. The summed E-state index contributed by atoms with van der Waals surface area (Å²) in [6.45, 7) is 1.99. The van der Waals surface area contributed by atoms with Crippen LogP contribution in [0.5, 0.6) is 0 Å². The predicted molar refractivity (Wildman–Crippen MR) is 78.2 cm³/mol. The lowest BCUT2D eigenvalue weighted by molar-refractivity contribution is 0.209. The molecule has 0 aliphatic rings. The van der Waals surface area contributed by atoms with Crippen molar-refractivity contribution in [2.24, 2.45) is 0 Å². The van der Waals surface area contributed by atoms with E-state index in [1.807, 2.05) is 14.1 Å². The van der Waals surface area contributed by atoms with Crippen molar-refractivity contribution in [2.45, 2.75) is 12.8 Å². The molecule has 1 rings (SSSR count). The Labute approximate surface area is 120 Å². The van der Waals surface area contributed by atoms with Crippen molar-refractivity contribution in [1.82, 2.24) is 14.8 Å².